The number of amides is 1. The first kappa shape index (κ1) is 19.1. The standard InChI is InChI=1S/C10H17ClN7O4P/c1-2-22-23(20,21)4-3-15-8-6(11)16-5(7(12)17-8)9(19)18-10(13)14/h2-4H2,1H3,(H,20,21)(H3,12,15,17)(H4,13,14,18,19). The maximum atomic E-state index is 11.7. The molecule has 0 aliphatic rings. The molecule has 0 aliphatic heterocycles. The van der Waals surface area contributed by atoms with E-state index in [1.807, 2.05) is 0 Å². The first-order valence-electron chi connectivity index (χ1n) is 6.33. The van der Waals surface area contributed by atoms with Crippen molar-refractivity contribution in [1.82, 2.24) is 9.97 Å². The molecule has 8 N–H and O–H groups in total. The van der Waals surface area contributed by atoms with Crippen LogP contribution in [0.25, 0.3) is 0 Å². The van der Waals surface area contributed by atoms with Crippen LogP contribution in [0.2, 0.25) is 5.15 Å². The van der Waals surface area contributed by atoms with Gasteiger partial charge in [0.1, 0.15) is 0 Å². The third kappa shape index (κ3) is 5.99. The van der Waals surface area contributed by atoms with Crippen LogP contribution in [0, 0.1) is 0 Å². The van der Waals surface area contributed by atoms with E-state index in [4.69, 9.17) is 33.3 Å². The Balaban J connectivity index is 2.84. The molecule has 128 valence electrons. The third-order valence-electron chi connectivity index (χ3n) is 2.33. The zero-order valence-corrected chi connectivity index (χ0v) is 13.8. The molecule has 0 fully saturated rings. The lowest BCUT2D eigenvalue weighted by Crippen LogP contribution is -2.25. The minimum absolute atomic E-state index is 0.0306. The van der Waals surface area contributed by atoms with Crippen molar-refractivity contribution in [3.63, 3.8) is 0 Å². The van der Waals surface area contributed by atoms with E-state index in [0.717, 1.165) is 0 Å². The molecule has 0 aliphatic carbocycles. The van der Waals surface area contributed by atoms with E-state index in [9.17, 15) is 14.3 Å². The quantitative estimate of drug-likeness (QED) is 0.244. The van der Waals surface area contributed by atoms with E-state index in [0.29, 0.717) is 0 Å². The Labute approximate surface area is 136 Å². The maximum Gasteiger partial charge on any atom is 0.329 e. The lowest BCUT2D eigenvalue weighted by Gasteiger charge is -2.12. The Morgan fingerprint density at radius 3 is 2.70 bits per heavy atom. The van der Waals surface area contributed by atoms with Crippen molar-refractivity contribution >= 4 is 42.7 Å². The molecule has 23 heavy (non-hydrogen) atoms. The van der Waals surface area contributed by atoms with E-state index < -0.39 is 19.5 Å². The minimum atomic E-state index is -3.68. The SMILES string of the molecule is CCOP(=O)(O)CCNc1nc(N)c(C(=O)N=C(N)N)nc1Cl. The summed E-state index contributed by atoms with van der Waals surface area (Å²) in [6.07, 6.45) is -0.173. The van der Waals surface area contributed by atoms with Crippen LogP contribution >= 0.6 is 19.2 Å². The Morgan fingerprint density at radius 2 is 2.13 bits per heavy atom. The van der Waals surface area contributed by atoms with Crippen molar-refractivity contribution in [2.24, 2.45) is 16.5 Å². The topological polar surface area (TPSA) is 192 Å². The summed E-state index contributed by atoms with van der Waals surface area (Å²) in [4.78, 5) is 32.0. The molecule has 13 heteroatoms. The molecule has 0 saturated heterocycles. The van der Waals surface area contributed by atoms with Crippen LogP contribution in [-0.4, -0.2) is 46.0 Å². The number of nitrogens with zero attached hydrogens (tertiary/aromatic N) is 3. The van der Waals surface area contributed by atoms with E-state index in [2.05, 4.69) is 20.3 Å². The van der Waals surface area contributed by atoms with Crippen LogP contribution in [0.1, 0.15) is 17.4 Å². The van der Waals surface area contributed by atoms with Crippen molar-refractivity contribution in [2.45, 2.75) is 6.92 Å². The molecule has 1 aromatic heterocycles. The molecular formula is C10H17ClN7O4P. The van der Waals surface area contributed by atoms with Crippen LogP contribution in [0.3, 0.4) is 0 Å². The lowest BCUT2D eigenvalue weighted by atomic mass is 10.4. The van der Waals surface area contributed by atoms with Gasteiger partial charge in [0, 0.05) is 6.54 Å². The molecule has 0 saturated carbocycles. The van der Waals surface area contributed by atoms with Crippen LogP contribution in [0.15, 0.2) is 4.99 Å². The molecule has 1 heterocycles. The van der Waals surface area contributed by atoms with Crippen molar-refractivity contribution in [3.05, 3.63) is 10.8 Å². The highest BCUT2D eigenvalue weighted by molar-refractivity contribution is 7.52. The summed E-state index contributed by atoms with van der Waals surface area (Å²) < 4.78 is 16.2. The molecule has 0 bridgehead atoms. The number of anilines is 2. The second kappa shape index (κ2) is 8.06. The van der Waals surface area contributed by atoms with Gasteiger partial charge in [0.25, 0.3) is 0 Å². The van der Waals surface area contributed by atoms with Crippen LogP contribution in [0.4, 0.5) is 11.6 Å². The third-order valence-corrected chi connectivity index (χ3v) is 4.05. The van der Waals surface area contributed by atoms with Gasteiger partial charge in [-0.2, -0.15) is 4.99 Å². The fraction of sp³-hybridized carbons (Fsp3) is 0.400. The number of aliphatic imine (C=N–C) groups is 1. The Bertz CT molecular complexity index is 665. The van der Waals surface area contributed by atoms with Crippen molar-refractivity contribution in [1.29, 1.82) is 0 Å². The van der Waals surface area contributed by atoms with Gasteiger partial charge in [0.2, 0.25) is 0 Å². The summed E-state index contributed by atoms with van der Waals surface area (Å²) in [5.74, 6) is -1.55. The fourth-order valence-corrected chi connectivity index (χ4v) is 2.57. The summed E-state index contributed by atoms with van der Waals surface area (Å²) >= 11 is 5.88. The number of nitrogens with one attached hydrogen (secondary N) is 1. The number of hydrogen-bond acceptors (Lipinski definition) is 7. The summed E-state index contributed by atoms with van der Waals surface area (Å²) in [7, 11) is -3.68. The van der Waals surface area contributed by atoms with Crippen molar-refractivity contribution < 1.29 is 18.8 Å². The number of carbonyl (C=O) groups is 1. The zero-order valence-electron chi connectivity index (χ0n) is 12.2. The predicted octanol–water partition coefficient (Wildman–Crippen LogP) is -0.240. The van der Waals surface area contributed by atoms with Gasteiger partial charge in [-0.25, -0.2) is 9.97 Å². The predicted molar refractivity (Wildman–Crippen MR) is 86.4 cm³/mol. The second-order valence-electron chi connectivity index (χ2n) is 4.14. The summed E-state index contributed by atoms with van der Waals surface area (Å²) in [5.41, 5.74) is 15.5. The number of aromatic nitrogens is 2. The van der Waals surface area contributed by atoms with Gasteiger partial charge in [-0.15, -0.1) is 0 Å². The number of carbonyl (C=O) groups excluding carboxylic acids is 1. The molecule has 1 aromatic rings. The normalized spacial score (nSPS) is 13.2. The average Bonchev–Trinajstić information content (AvgIpc) is 2.41. The van der Waals surface area contributed by atoms with E-state index >= 15 is 0 Å². The van der Waals surface area contributed by atoms with Crippen LogP contribution < -0.4 is 22.5 Å². The van der Waals surface area contributed by atoms with Gasteiger partial charge in [-0.05, 0) is 6.92 Å². The van der Waals surface area contributed by atoms with Gasteiger partial charge >= 0.3 is 13.5 Å². The highest BCUT2D eigenvalue weighted by atomic mass is 35.5. The monoisotopic (exact) mass is 365 g/mol. The fourth-order valence-electron chi connectivity index (χ4n) is 1.45. The number of rotatable bonds is 7. The van der Waals surface area contributed by atoms with Crippen molar-refractivity contribution in [2.75, 3.05) is 30.4 Å². The summed E-state index contributed by atoms with van der Waals surface area (Å²) in [5, 5.41) is 2.51. The van der Waals surface area contributed by atoms with Crippen molar-refractivity contribution in [3.8, 4) is 0 Å². The van der Waals surface area contributed by atoms with Crippen LogP contribution in [-0.2, 0) is 9.09 Å². The molecule has 0 aromatic carbocycles. The summed E-state index contributed by atoms with van der Waals surface area (Å²) in [6.45, 7) is 1.75. The highest BCUT2D eigenvalue weighted by Crippen LogP contribution is 2.40. The van der Waals surface area contributed by atoms with Gasteiger partial charge in [0.05, 0.1) is 12.8 Å². The van der Waals surface area contributed by atoms with Gasteiger partial charge in [-0.1, -0.05) is 11.6 Å². The molecule has 1 amide bonds. The molecule has 1 unspecified atom stereocenters. The van der Waals surface area contributed by atoms with E-state index in [1.165, 1.54) is 0 Å². The number of guanidine groups is 1. The number of nitrogen functional groups attached to an aromatic ring is 1. The van der Waals surface area contributed by atoms with E-state index in [-0.39, 0.29) is 41.8 Å². The van der Waals surface area contributed by atoms with Gasteiger partial charge in [0.15, 0.2) is 28.4 Å². The maximum absolute atomic E-state index is 11.7. The molecule has 11 nitrogen and oxygen atoms in total. The smallest absolute Gasteiger partial charge is 0.329 e. The Kier molecular flexibility index (Phi) is 6.70. The molecule has 0 radical (unpaired) electrons. The van der Waals surface area contributed by atoms with Crippen LogP contribution in [0.5, 0.6) is 0 Å². The van der Waals surface area contributed by atoms with Gasteiger partial charge in [-0.3, -0.25) is 9.36 Å². The first-order valence-corrected chi connectivity index (χ1v) is 8.47. The number of nitrogens with two attached hydrogens (primary N) is 3. The average molecular weight is 366 g/mol. The number of hydrogen-bond donors (Lipinski definition) is 5. The van der Waals surface area contributed by atoms with E-state index in [1.54, 1.807) is 6.92 Å². The molecule has 1 atom stereocenters. The molecule has 1 rings (SSSR count). The zero-order chi connectivity index (χ0) is 17.6. The number of halogens is 1. The highest BCUT2D eigenvalue weighted by Gasteiger charge is 2.20. The lowest BCUT2D eigenvalue weighted by molar-refractivity contribution is 0.0998. The second-order valence-corrected chi connectivity index (χ2v) is 6.48. The Hall–Kier alpha value is -1.94. The minimum Gasteiger partial charge on any atom is -0.382 e. The van der Waals surface area contributed by atoms with Gasteiger partial charge < -0.3 is 31.9 Å². The molecular weight excluding hydrogens is 349 g/mol. The first-order chi connectivity index (χ1) is 10.7. The largest absolute Gasteiger partial charge is 0.382 e. The summed E-state index contributed by atoms with van der Waals surface area (Å²) in [6, 6.07) is 0. The Morgan fingerprint density at radius 1 is 1.48 bits per heavy atom. The molecule has 0 spiro atoms.